The van der Waals surface area contributed by atoms with Crippen molar-refractivity contribution in [2.75, 3.05) is 6.54 Å². The number of thiazole rings is 1. The maximum absolute atomic E-state index is 12.3. The molecular formula is C17H17N3O2S2. The highest BCUT2D eigenvalue weighted by Gasteiger charge is 2.13. The number of hydrogen-bond donors (Lipinski definition) is 1. The monoisotopic (exact) mass is 359 g/mol. The van der Waals surface area contributed by atoms with Gasteiger partial charge in [0.15, 0.2) is 0 Å². The summed E-state index contributed by atoms with van der Waals surface area (Å²) in [5, 5.41) is 2.87. The molecule has 0 amide bonds. The first kappa shape index (κ1) is 16.8. The topological polar surface area (TPSA) is 72.0 Å². The van der Waals surface area contributed by atoms with Gasteiger partial charge in [0.1, 0.15) is 5.01 Å². The lowest BCUT2D eigenvalue weighted by molar-refractivity contribution is 0.581. The predicted molar refractivity (Wildman–Crippen MR) is 95.4 cm³/mol. The van der Waals surface area contributed by atoms with Gasteiger partial charge in [-0.25, -0.2) is 18.1 Å². The highest BCUT2D eigenvalue weighted by molar-refractivity contribution is 7.89. The van der Waals surface area contributed by atoms with Gasteiger partial charge in [0, 0.05) is 36.3 Å². The van der Waals surface area contributed by atoms with Crippen molar-refractivity contribution in [3.05, 3.63) is 65.4 Å². The lowest BCUT2D eigenvalue weighted by Gasteiger charge is -2.06. The van der Waals surface area contributed by atoms with Gasteiger partial charge in [-0.1, -0.05) is 12.1 Å². The molecule has 0 atom stereocenters. The van der Waals surface area contributed by atoms with E-state index in [1.165, 1.54) is 0 Å². The van der Waals surface area contributed by atoms with Crippen LogP contribution >= 0.6 is 11.3 Å². The summed E-state index contributed by atoms with van der Waals surface area (Å²) in [7, 11) is -3.48. The molecule has 0 aliphatic carbocycles. The Hall–Kier alpha value is -2.09. The summed E-state index contributed by atoms with van der Waals surface area (Å²) >= 11 is 1.54. The molecule has 124 valence electrons. The third-order valence-electron chi connectivity index (χ3n) is 3.45. The number of aromatic nitrogens is 2. The van der Waals surface area contributed by atoms with Crippen molar-refractivity contribution in [2.45, 2.75) is 18.2 Å². The number of hydrogen-bond acceptors (Lipinski definition) is 5. The second kappa shape index (κ2) is 7.21. The van der Waals surface area contributed by atoms with Crippen molar-refractivity contribution in [3.63, 3.8) is 0 Å². The van der Waals surface area contributed by atoms with Gasteiger partial charge in [-0.15, -0.1) is 11.3 Å². The van der Waals surface area contributed by atoms with Crippen LogP contribution in [0.1, 0.15) is 11.3 Å². The number of nitrogens with one attached hydrogen (secondary N) is 1. The molecule has 5 nitrogen and oxygen atoms in total. The number of sulfonamides is 1. The zero-order valence-corrected chi connectivity index (χ0v) is 14.8. The Kier molecular flexibility index (Phi) is 5.03. The van der Waals surface area contributed by atoms with E-state index in [4.69, 9.17) is 0 Å². The molecule has 0 saturated carbocycles. The van der Waals surface area contributed by atoms with Crippen molar-refractivity contribution in [3.8, 4) is 10.6 Å². The number of pyridine rings is 1. The van der Waals surface area contributed by atoms with Gasteiger partial charge in [-0.05, 0) is 36.8 Å². The van der Waals surface area contributed by atoms with Gasteiger partial charge in [0.05, 0.1) is 10.6 Å². The first-order chi connectivity index (χ1) is 11.5. The fraction of sp³-hybridized carbons (Fsp3) is 0.176. The predicted octanol–water partition coefficient (Wildman–Crippen LogP) is 3.03. The van der Waals surface area contributed by atoms with Gasteiger partial charge >= 0.3 is 0 Å². The highest BCUT2D eigenvalue weighted by Crippen LogP contribution is 2.23. The molecule has 3 rings (SSSR count). The molecule has 1 N–H and O–H groups in total. The van der Waals surface area contributed by atoms with Crippen molar-refractivity contribution < 1.29 is 8.42 Å². The number of aryl methyl sites for hydroxylation is 1. The number of benzene rings is 1. The summed E-state index contributed by atoms with van der Waals surface area (Å²) in [6.07, 6.45) is 4.01. The molecular weight excluding hydrogens is 342 g/mol. The summed E-state index contributed by atoms with van der Waals surface area (Å²) in [4.78, 5) is 8.82. The lowest BCUT2D eigenvalue weighted by Crippen LogP contribution is -2.26. The van der Waals surface area contributed by atoms with Gasteiger partial charge in [-0.3, -0.25) is 4.98 Å². The van der Waals surface area contributed by atoms with E-state index in [1.54, 1.807) is 41.9 Å². The van der Waals surface area contributed by atoms with E-state index in [0.29, 0.717) is 17.9 Å². The van der Waals surface area contributed by atoms with Crippen molar-refractivity contribution in [1.29, 1.82) is 0 Å². The van der Waals surface area contributed by atoms with Crippen molar-refractivity contribution in [1.82, 2.24) is 14.7 Å². The Balaban J connectivity index is 1.62. The third-order valence-corrected chi connectivity index (χ3v) is 5.85. The molecule has 0 aliphatic rings. The van der Waals surface area contributed by atoms with E-state index in [-0.39, 0.29) is 0 Å². The zero-order chi connectivity index (χ0) is 17.0. The van der Waals surface area contributed by atoms with E-state index in [9.17, 15) is 8.42 Å². The third kappa shape index (κ3) is 4.05. The maximum Gasteiger partial charge on any atom is 0.240 e. The fourth-order valence-electron chi connectivity index (χ4n) is 2.23. The molecule has 0 fully saturated rings. The second-order valence-electron chi connectivity index (χ2n) is 5.34. The van der Waals surface area contributed by atoms with Gasteiger partial charge in [0.2, 0.25) is 10.0 Å². The van der Waals surface area contributed by atoms with E-state index in [1.807, 2.05) is 30.5 Å². The van der Waals surface area contributed by atoms with Crippen LogP contribution in [0.5, 0.6) is 0 Å². The minimum Gasteiger partial charge on any atom is -0.265 e. The van der Waals surface area contributed by atoms with Crippen LogP contribution in [-0.4, -0.2) is 24.9 Å². The number of rotatable bonds is 6. The Bertz CT molecular complexity index is 922. The molecule has 0 bridgehead atoms. The smallest absolute Gasteiger partial charge is 0.240 e. The highest BCUT2D eigenvalue weighted by atomic mass is 32.2. The zero-order valence-electron chi connectivity index (χ0n) is 13.1. The molecule has 0 spiro atoms. The average Bonchev–Trinajstić information content (AvgIpc) is 3.04. The van der Waals surface area contributed by atoms with Crippen LogP contribution in [0.4, 0.5) is 0 Å². The molecule has 3 aromatic rings. The molecule has 2 heterocycles. The summed E-state index contributed by atoms with van der Waals surface area (Å²) in [6, 6.07) is 10.7. The van der Waals surface area contributed by atoms with Gasteiger partial charge < -0.3 is 0 Å². The average molecular weight is 359 g/mol. The molecule has 7 heteroatoms. The minimum absolute atomic E-state index is 0.290. The molecule has 24 heavy (non-hydrogen) atoms. The fourth-order valence-corrected chi connectivity index (χ4v) is 4.22. The van der Waals surface area contributed by atoms with Crippen molar-refractivity contribution >= 4 is 21.4 Å². The van der Waals surface area contributed by atoms with Crippen LogP contribution in [0.15, 0.2) is 59.1 Å². The van der Waals surface area contributed by atoms with Gasteiger partial charge in [-0.2, -0.15) is 0 Å². The Morgan fingerprint density at radius 3 is 2.71 bits per heavy atom. The van der Waals surface area contributed by atoms with Crippen LogP contribution in [0.2, 0.25) is 0 Å². The standard InChI is InChI=1S/C17H17N3O2S2/c1-13-3-2-4-16(11-13)24(21,22)19-10-7-15-12-23-17(20-15)14-5-8-18-9-6-14/h2-6,8-9,11-12,19H,7,10H2,1H3. The SMILES string of the molecule is Cc1cccc(S(=O)(=O)NCCc2csc(-c3ccncc3)n2)c1. The van der Waals surface area contributed by atoms with Crippen LogP contribution in [-0.2, 0) is 16.4 Å². The Labute approximate surface area is 145 Å². The molecule has 1 aromatic carbocycles. The maximum atomic E-state index is 12.3. The quantitative estimate of drug-likeness (QED) is 0.734. The normalized spacial score (nSPS) is 11.5. The summed E-state index contributed by atoms with van der Waals surface area (Å²) in [5.74, 6) is 0. The van der Waals surface area contributed by atoms with Crippen LogP contribution in [0.25, 0.3) is 10.6 Å². The largest absolute Gasteiger partial charge is 0.265 e. The van der Waals surface area contributed by atoms with Crippen LogP contribution in [0.3, 0.4) is 0 Å². The van der Waals surface area contributed by atoms with Crippen LogP contribution < -0.4 is 4.72 Å². The molecule has 0 unspecified atom stereocenters. The van der Waals surface area contributed by atoms with E-state index >= 15 is 0 Å². The molecule has 2 aromatic heterocycles. The number of nitrogens with zero attached hydrogens (tertiary/aromatic N) is 2. The van der Waals surface area contributed by atoms with E-state index in [2.05, 4.69) is 14.7 Å². The van der Waals surface area contributed by atoms with Crippen LogP contribution in [0, 0.1) is 6.92 Å². The molecule has 0 aliphatic heterocycles. The van der Waals surface area contributed by atoms with E-state index < -0.39 is 10.0 Å². The van der Waals surface area contributed by atoms with Gasteiger partial charge in [0.25, 0.3) is 0 Å². The minimum atomic E-state index is -3.48. The summed E-state index contributed by atoms with van der Waals surface area (Å²) < 4.78 is 27.2. The second-order valence-corrected chi connectivity index (χ2v) is 7.97. The summed E-state index contributed by atoms with van der Waals surface area (Å²) in [5.41, 5.74) is 2.81. The van der Waals surface area contributed by atoms with E-state index in [0.717, 1.165) is 21.8 Å². The molecule has 0 saturated heterocycles. The summed E-state index contributed by atoms with van der Waals surface area (Å²) in [6.45, 7) is 2.19. The lowest BCUT2D eigenvalue weighted by atomic mass is 10.2. The molecule has 0 radical (unpaired) electrons. The first-order valence-corrected chi connectivity index (χ1v) is 9.82. The first-order valence-electron chi connectivity index (χ1n) is 7.46. The Morgan fingerprint density at radius 2 is 1.96 bits per heavy atom. The Morgan fingerprint density at radius 1 is 1.17 bits per heavy atom. The van der Waals surface area contributed by atoms with Crippen molar-refractivity contribution in [2.24, 2.45) is 0 Å².